The van der Waals surface area contributed by atoms with Gasteiger partial charge in [0.15, 0.2) is 0 Å². The second-order valence-corrected chi connectivity index (χ2v) is 3.91. The summed E-state index contributed by atoms with van der Waals surface area (Å²) in [6.45, 7) is 0.917. The van der Waals surface area contributed by atoms with Crippen molar-refractivity contribution in [3.63, 3.8) is 0 Å². The second-order valence-electron chi connectivity index (χ2n) is 3.91. The highest BCUT2D eigenvalue weighted by Gasteiger charge is 2.43. The van der Waals surface area contributed by atoms with Gasteiger partial charge in [-0.3, -0.25) is 9.69 Å². The number of amides is 1. The predicted molar refractivity (Wildman–Crippen MR) is 46.6 cm³/mol. The topological polar surface area (TPSA) is 46.1 Å². The first kappa shape index (κ1) is 8.05. The van der Waals surface area contributed by atoms with Gasteiger partial charge in [0.2, 0.25) is 5.91 Å². The van der Waals surface area contributed by atoms with Gasteiger partial charge in [0.25, 0.3) is 0 Å². The first-order chi connectivity index (χ1) is 5.79. The van der Waals surface area contributed by atoms with E-state index in [1.54, 1.807) is 0 Å². The zero-order valence-corrected chi connectivity index (χ0v) is 7.33. The molecule has 1 saturated heterocycles. The van der Waals surface area contributed by atoms with Crippen LogP contribution in [0.4, 0.5) is 0 Å². The number of hydrogen-bond acceptors (Lipinski definition) is 2. The SMILES string of the molecule is NC(=O)[C@H]1CN1C1CCCCC1. The van der Waals surface area contributed by atoms with Crippen molar-refractivity contribution < 1.29 is 4.79 Å². The molecule has 2 fully saturated rings. The molecule has 2 atom stereocenters. The van der Waals surface area contributed by atoms with Crippen molar-refractivity contribution in [1.29, 1.82) is 0 Å². The summed E-state index contributed by atoms with van der Waals surface area (Å²) in [5, 5.41) is 0. The molecule has 1 saturated carbocycles. The van der Waals surface area contributed by atoms with Crippen LogP contribution >= 0.6 is 0 Å². The Morgan fingerprint density at radius 1 is 1.25 bits per heavy atom. The maximum absolute atomic E-state index is 10.8. The third-order valence-corrected chi connectivity index (χ3v) is 3.02. The first-order valence-corrected chi connectivity index (χ1v) is 4.84. The molecule has 0 spiro atoms. The molecule has 0 aromatic carbocycles. The Bertz CT molecular complexity index is 187. The lowest BCUT2D eigenvalue weighted by Crippen LogP contribution is -2.29. The van der Waals surface area contributed by atoms with E-state index in [9.17, 15) is 4.79 Å². The van der Waals surface area contributed by atoms with Crippen LogP contribution < -0.4 is 5.73 Å². The summed E-state index contributed by atoms with van der Waals surface area (Å²) in [7, 11) is 0. The molecule has 1 aliphatic heterocycles. The van der Waals surface area contributed by atoms with Crippen LogP contribution in [-0.4, -0.2) is 29.4 Å². The molecule has 3 nitrogen and oxygen atoms in total. The van der Waals surface area contributed by atoms with Crippen molar-refractivity contribution in [2.24, 2.45) is 5.73 Å². The molecule has 0 aromatic rings. The Labute approximate surface area is 72.9 Å². The maximum Gasteiger partial charge on any atom is 0.236 e. The van der Waals surface area contributed by atoms with Crippen LogP contribution in [-0.2, 0) is 4.79 Å². The molecule has 12 heavy (non-hydrogen) atoms. The number of nitrogens with zero attached hydrogens (tertiary/aromatic N) is 1. The van der Waals surface area contributed by atoms with Crippen LogP contribution in [0.15, 0.2) is 0 Å². The molecule has 1 amide bonds. The van der Waals surface area contributed by atoms with Gasteiger partial charge in [0, 0.05) is 12.6 Å². The van der Waals surface area contributed by atoms with E-state index >= 15 is 0 Å². The van der Waals surface area contributed by atoms with Gasteiger partial charge in [-0.2, -0.15) is 0 Å². The molecule has 1 unspecified atom stereocenters. The van der Waals surface area contributed by atoms with Crippen LogP contribution in [0.1, 0.15) is 32.1 Å². The molecule has 1 aliphatic carbocycles. The van der Waals surface area contributed by atoms with Crippen molar-refractivity contribution >= 4 is 5.91 Å². The second kappa shape index (κ2) is 3.05. The van der Waals surface area contributed by atoms with Crippen molar-refractivity contribution in [2.45, 2.75) is 44.2 Å². The fourth-order valence-electron chi connectivity index (χ4n) is 2.22. The molecule has 3 heteroatoms. The van der Waals surface area contributed by atoms with E-state index in [-0.39, 0.29) is 11.9 Å². The Morgan fingerprint density at radius 2 is 1.92 bits per heavy atom. The fourth-order valence-corrected chi connectivity index (χ4v) is 2.22. The standard InChI is InChI=1S/C9H16N2O/c10-9(12)8-6-11(8)7-4-2-1-3-5-7/h7-8H,1-6H2,(H2,10,12)/t8-,11?/m1/s1. The summed E-state index contributed by atoms with van der Waals surface area (Å²) in [6, 6.07) is 0.740. The number of carbonyl (C=O) groups excluding carboxylic acids is 1. The third kappa shape index (κ3) is 1.46. The number of primary amides is 1. The van der Waals surface area contributed by atoms with Crippen molar-refractivity contribution in [2.75, 3.05) is 6.54 Å². The van der Waals surface area contributed by atoms with Gasteiger partial charge < -0.3 is 5.73 Å². The van der Waals surface area contributed by atoms with E-state index in [0.717, 1.165) is 6.54 Å². The summed E-state index contributed by atoms with van der Waals surface area (Å²) in [4.78, 5) is 13.0. The molecule has 0 radical (unpaired) electrons. The molecule has 2 aliphatic rings. The van der Waals surface area contributed by atoms with E-state index in [0.29, 0.717) is 6.04 Å². The van der Waals surface area contributed by atoms with E-state index < -0.39 is 0 Å². The first-order valence-electron chi connectivity index (χ1n) is 4.84. The van der Waals surface area contributed by atoms with Gasteiger partial charge in [-0.15, -0.1) is 0 Å². The molecule has 0 bridgehead atoms. The van der Waals surface area contributed by atoms with E-state index in [1.165, 1.54) is 32.1 Å². The lowest BCUT2D eigenvalue weighted by molar-refractivity contribution is -0.118. The molecular formula is C9H16N2O. The summed E-state index contributed by atoms with van der Waals surface area (Å²) in [5.74, 6) is -0.138. The van der Waals surface area contributed by atoms with Crippen molar-refractivity contribution in [3.8, 4) is 0 Å². The number of carbonyl (C=O) groups is 1. The Kier molecular flexibility index (Phi) is 2.05. The average molecular weight is 168 g/mol. The summed E-state index contributed by atoms with van der Waals surface area (Å²) in [6.07, 6.45) is 6.55. The maximum atomic E-state index is 10.8. The summed E-state index contributed by atoms with van der Waals surface area (Å²) < 4.78 is 0. The predicted octanol–water partition coefficient (Wildman–Crippen LogP) is 0.489. The zero-order valence-electron chi connectivity index (χ0n) is 7.33. The third-order valence-electron chi connectivity index (χ3n) is 3.02. The fraction of sp³-hybridized carbons (Fsp3) is 0.889. The molecular weight excluding hydrogens is 152 g/mol. The van der Waals surface area contributed by atoms with Crippen molar-refractivity contribution in [1.82, 2.24) is 4.90 Å². The normalized spacial score (nSPS) is 36.3. The van der Waals surface area contributed by atoms with Crippen LogP contribution in [0.2, 0.25) is 0 Å². The molecule has 1 heterocycles. The van der Waals surface area contributed by atoms with Crippen LogP contribution in [0.3, 0.4) is 0 Å². The quantitative estimate of drug-likeness (QED) is 0.610. The van der Waals surface area contributed by atoms with Crippen LogP contribution in [0, 0.1) is 0 Å². The zero-order chi connectivity index (χ0) is 8.55. The van der Waals surface area contributed by atoms with Gasteiger partial charge in [-0.1, -0.05) is 19.3 Å². The Hall–Kier alpha value is -0.570. The molecule has 0 aromatic heterocycles. The Balaban J connectivity index is 1.83. The molecule has 68 valence electrons. The van der Waals surface area contributed by atoms with Crippen LogP contribution in [0.25, 0.3) is 0 Å². The number of nitrogens with two attached hydrogens (primary N) is 1. The van der Waals surface area contributed by atoms with Crippen molar-refractivity contribution in [3.05, 3.63) is 0 Å². The molecule has 2 rings (SSSR count). The van der Waals surface area contributed by atoms with E-state index in [2.05, 4.69) is 4.90 Å². The highest BCUT2D eigenvalue weighted by molar-refractivity contribution is 5.82. The van der Waals surface area contributed by atoms with Crippen LogP contribution in [0.5, 0.6) is 0 Å². The summed E-state index contributed by atoms with van der Waals surface area (Å²) in [5.41, 5.74) is 5.21. The van der Waals surface area contributed by atoms with Gasteiger partial charge in [-0.05, 0) is 12.8 Å². The minimum atomic E-state index is -0.138. The average Bonchev–Trinajstić information content (AvgIpc) is 2.84. The highest BCUT2D eigenvalue weighted by Crippen LogP contribution is 2.30. The Morgan fingerprint density at radius 3 is 2.42 bits per heavy atom. The van der Waals surface area contributed by atoms with Gasteiger partial charge >= 0.3 is 0 Å². The number of hydrogen-bond donors (Lipinski definition) is 1. The lowest BCUT2D eigenvalue weighted by Gasteiger charge is -2.22. The lowest BCUT2D eigenvalue weighted by atomic mass is 9.95. The number of rotatable bonds is 2. The van der Waals surface area contributed by atoms with Gasteiger partial charge in [0.1, 0.15) is 6.04 Å². The van der Waals surface area contributed by atoms with E-state index in [1.807, 2.05) is 0 Å². The summed E-state index contributed by atoms with van der Waals surface area (Å²) >= 11 is 0. The van der Waals surface area contributed by atoms with Gasteiger partial charge in [0.05, 0.1) is 0 Å². The minimum Gasteiger partial charge on any atom is -0.368 e. The monoisotopic (exact) mass is 168 g/mol. The largest absolute Gasteiger partial charge is 0.368 e. The van der Waals surface area contributed by atoms with Gasteiger partial charge in [-0.25, -0.2) is 0 Å². The molecule has 2 N–H and O–H groups in total. The highest BCUT2D eigenvalue weighted by atomic mass is 16.1. The smallest absolute Gasteiger partial charge is 0.236 e. The minimum absolute atomic E-state index is 0.0769. The van der Waals surface area contributed by atoms with E-state index in [4.69, 9.17) is 5.73 Å².